The van der Waals surface area contributed by atoms with Gasteiger partial charge < -0.3 is 10.2 Å². The van der Waals surface area contributed by atoms with Crippen molar-refractivity contribution < 1.29 is 4.21 Å². The Hall–Kier alpha value is 0.0700. The summed E-state index contributed by atoms with van der Waals surface area (Å²) in [5.41, 5.74) is 0. The van der Waals surface area contributed by atoms with Crippen molar-refractivity contribution in [3.63, 3.8) is 0 Å². The molecule has 0 heterocycles. The van der Waals surface area contributed by atoms with Gasteiger partial charge in [-0.05, 0) is 13.1 Å². The zero-order valence-electron chi connectivity index (χ0n) is 9.01. The summed E-state index contributed by atoms with van der Waals surface area (Å²) in [7, 11) is -0.659. The molecule has 0 aromatic carbocycles. The van der Waals surface area contributed by atoms with Gasteiger partial charge in [0.1, 0.15) is 0 Å². The van der Waals surface area contributed by atoms with Crippen molar-refractivity contribution in [1.29, 1.82) is 0 Å². The molecule has 0 fully saturated rings. The van der Waals surface area contributed by atoms with Gasteiger partial charge in [-0.3, -0.25) is 4.21 Å². The van der Waals surface area contributed by atoms with Crippen LogP contribution in [-0.2, 0) is 10.8 Å². The van der Waals surface area contributed by atoms with Gasteiger partial charge in [0.05, 0.1) is 0 Å². The molecule has 4 heteroatoms. The molecule has 0 saturated heterocycles. The molecule has 0 amide bonds. The lowest BCUT2D eigenvalue weighted by Gasteiger charge is -2.17. The molecule has 0 spiro atoms. The van der Waals surface area contributed by atoms with E-state index in [1.165, 1.54) is 0 Å². The van der Waals surface area contributed by atoms with Crippen LogP contribution in [-0.4, -0.2) is 53.8 Å². The molecule has 0 aliphatic rings. The van der Waals surface area contributed by atoms with Crippen LogP contribution < -0.4 is 5.32 Å². The van der Waals surface area contributed by atoms with Crippen LogP contribution in [0.5, 0.6) is 0 Å². The van der Waals surface area contributed by atoms with Gasteiger partial charge in [0.15, 0.2) is 0 Å². The number of hydrogen-bond acceptors (Lipinski definition) is 3. The van der Waals surface area contributed by atoms with Gasteiger partial charge in [-0.1, -0.05) is 13.8 Å². The summed E-state index contributed by atoms with van der Waals surface area (Å²) >= 11 is 0. The monoisotopic (exact) mass is 206 g/mol. The predicted octanol–water partition coefficient (Wildman–Crippen LogP) is 0.296. The molecular formula is C9H22N2OS. The summed E-state index contributed by atoms with van der Waals surface area (Å²) in [5, 5.41) is 3.28. The van der Waals surface area contributed by atoms with Gasteiger partial charge in [0.25, 0.3) is 0 Å². The quantitative estimate of drug-likeness (QED) is 0.580. The predicted molar refractivity (Wildman–Crippen MR) is 59.6 cm³/mol. The Balaban J connectivity index is 3.19. The van der Waals surface area contributed by atoms with Crippen molar-refractivity contribution >= 4 is 10.8 Å². The largest absolute Gasteiger partial charge is 0.315 e. The molecule has 13 heavy (non-hydrogen) atoms. The summed E-state index contributed by atoms with van der Waals surface area (Å²) in [6, 6.07) is 0. The van der Waals surface area contributed by atoms with Gasteiger partial charge in [-0.25, -0.2) is 0 Å². The summed E-state index contributed by atoms with van der Waals surface area (Å²) < 4.78 is 10.7. The summed E-state index contributed by atoms with van der Waals surface area (Å²) in [6.07, 6.45) is 1.74. The second-order valence-electron chi connectivity index (χ2n) is 3.05. The summed E-state index contributed by atoms with van der Waals surface area (Å²) in [4.78, 5) is 2.37. The smallest absolute Gasteiger partial charge is 0.0357 e. The molecular weight excluding hydrogens is 184 g/mol. The molecule has 3 nitrogen and oxygen atoms in total. The van der Waals surface area contributed by atoms with E-state index >= 15 is 0 Å². The Kier molecular flexibility index (Phi) is 8.71. The van der Waals surface area contributed by atoms with E-state index in [0.717, 1.165) is 38.5 Å². The third kappa shape index (κ3) is 8.40. The van der Waals surface area contributed by atoms with Crippen molar-refractivity contribution in [2.24, 2.45) is 0 Å². The maximum Gasteiger partial charge on any atom is 0.0357 e. The van der Waals surface area contributed by atoms with E-state index < -0.39 is 10.8 Å². The van der Waals surface area contributed by atoms with Crippen molar-refractivity contribution in [1.82, 2.24) is 10.2 Å². The number of likely N-dealkylation sites (N-methyl/N-ethyl adjacent to an activating group) is 1. The first-order chi connectivity index (χ1) is 6.20. The highest BCUT2D eigenvalue weighted by Crippen LogP contribution is 1.83. The van der Waals surface area contributed by atoms with Crippen LogP contribution in [0.15, 0.2) is 0 Å². The van der Waals surface area contributed by atoms with Gasteiger partial charge >= 0.3 is 0 Å². The van der Waals surface area contributed by atoms with Gasteiger partial charge in [0.2, 0.25) is 0 Å². The first-order valence-corrected chi connectivity index (χ1v) is 6.66. The van der Waals surface area contributed by atoms with E-state index in [-0.39, 0.29) is 0 Å². The molecule has 0 aliphatic heterocycles. The molecule has 1 N–H and O–H groups in total. The summed E-state index contributed by atoms with van der Waals surface area (Å²) in [6.45, 7) is 9.51. The minimum absolute atomic E-state index is 0.659. The van der Waals surface area contributed by atoms with E-state index in [1.54, 1.807) is 6.26 Å². The average molecular weight is 206 g/mol. The minimum atomic E-state index is -0.659. The fourth-order valence-corrected chi connectivity index (χ4v) is 1.55. The van der Waals surface area contributed by atoms with Crippen molar-refractivity contribution in [3.8, 4) is 0 Å². The fourth-order valence-electron chi connectivity index (χ4n) is 1.12. The SMILES string of the molecule is CCN(CC)CCNCCS(C)=O. The van der Waals surface area contributed by atoms with Crippen LogP contribution >= 0.6 is 0 Å². The van der Waals surface area contributed by atoms with Crippen LogP contribution in [0.3, 0.4) is 0 Å². The minimum Gasteiger partial charge on any atom is -0.315 e. The zero-order valence-corrected chi connectivity index (χ0v) is 9.82. The normalized spacial score (nSPS) is 13.5. The third-order valence-electron chi connectivity index (χ3n) is 2.07. The van der Waals surface area contributed by atoms with Crippen molar-refractivity contribution in [2.75, 3.05) is 44.7 Å². The molecule has 0 radical (unpaired) electrons. The Morgan fingerprint density at radius 3 is 2.31 bits per heavy atom. The molecule has 0 bridgehead atoms. The Bertz CT molecular complexity index is 138. The standard InChI is InChI=1S/C9H22N2OS/c1-4-11(5-2)8-6-10-7-9-13(3)12/h10H,4-9H2,1-3H3. The van der Waals surface area contributed by atoms with Crippen LogP contribution in [0, 0.1) is 0 Å². The Morgan fingerprint density at radius 1 is 1.23 bits per heavy atom. The molecule has 0 aliphatic carbocycles. The molecule has 1 atom stereocenters. The number of nitrogens with zero attached hydrogens (tertiary/aromatic N) is 1. The number of hydrogen-bond donors (Lipinski definition) is 1. The lowest BCUT2D eigenvalue weighted by Crippen LogP contribution is -2.33. The maximum atomic E-state index is 10.7. The van der Waals surface area contributed by atoms with Crippen LogP contribution in [0.25, 0.3) is 0 Å². The topological polar surface area (TPSA) is 32.3 Å². The third-order valence-corrected chi connectivity index (χ3v) is 2.84. The highest BCUT2D eigenvalue weighted by Gasteiger charge is 1.97. The Morgan fingerprint density at radius 2 is 1.85 bits per heavy atom. The lowest BCUT2D eigenvalue weighted by molar-refractivity contribution is 0.303. The van der Waals surface area contributed by atoms with E-state index in [1.807, 2.05) is 0 Å². The first-order valence-electron chi connectivity index (χ1n) is 4.93. The van der Waals surface area contributed by atoms with Crippen LogP contribution in [0.1, 0.15) is 13.8 Å². The second kappa shape index (κ2) is 8.66. The van der Waals surface area contributed by atoms with Gasteiger partial charge in [-0.2, -0.15) is 0 Å². The fraction of sp³-hybridized carbons (Fsp3) is 1.00. The number of nitrogens with one attached hydrogen (secondary N) is 1. The molecule has 0 saturated carbocycles. The molecule has 0 aromatic heterocycles. The van der Waals surface area contributed by atoms with E-state index in [4.69, 9.17) is 0 Å². The molecule has 1 unspecified atom stereocenters. The van der Waals surface area contributed by atoms with Crippen molar-refractivity contribution in [2.45, 2.75) is 13.8 Å². The zero-order chi connectivity index (χ0) is 10.1. The molecule has 0 aromatic rings. The lowest BCUT2D eigenvalue weighted by atomic mass is 10.4. The van der Waals surface area contributed by atoms with Crippen molar-refractivity contribution in [3.05, 3.63) is 0 Å². The highest BCUT2D eigenvalue weighted by atomic mass is 32.2. The highest BCUT2D eigenvalue weighted by molar-refractivity contribution is 7.84. The maximum absolute atomic E-state index is 10.7. The van der Waals surface area contributed by atoms with Gasteiger partial charge in [-0.15, -0.1) is 0 Å². The molecule has 0 rings (SSSR count). The van der Waals surface area contributed by atoms with E-state index in [9.17, 15) is 4.21 Å². The average Bonchev–Trinajstić information content (AvgIpc) is 2.11. The van der Waals surface area contributed by atoms with E-state index in [0.29, 0.717) is 0 Å². The first kappa shape index (κ1) is 13.1. The molecule has 80 valence electrons. The number of rotatable bonds is 8. The second-order valence-corrected chi connectivity index (χ2v) is 4.61. The van der Waals surface area contributed by atoms with E-state index in [2.05, 4.69) is 24.1 Å². The van der Waals surface area contributed by atoms with Crippen LogP contribution in [0.4, 0.5) is 0 Å². The summed E-state index contributed by atoms with van der Waals surface area (Å²) in [5.74, 6) is 0.762. The van der Waals surface area contributed by atoms with Crippen LogP contribution in [0.2, 0.25) is 0 Å². The Labute approximate surface area is 84.3 Å². The van der Waals surface area contributed by atoms with Gasteiger partial charge in [0, 0.05) is 42.4 Å².